The van der Waals surface area contributed by atoms with E-state index in [1.54, 1.807) is 11.0 Å². The summed E-state index contributed by atoms with van der Waals surface area (Å²) >= 11 is 13.2. The Hall–Kier alpha value is -1.97. The number of amides is 1. The summed E-state index contributed by atoms with van der Waals surface area (Å²) < 4.78 is 42.5. The number of benzene rings is 1. The molecule has 1 aromatic heterocycles. The monoisotopic (exact) mass is 505 g/mol. The Balaban J connectivity index is 1.50. The first-order chi connectivity index (χ1) is 15.0. The van der Waals surface area contributed by atoms with Crippen LogP contribution >= 0.6 is 34.5 Å². The van der Waals surface area contributed by atoms with E-state index in [4.69, 9.17) is 28.0 Å². The van der Waals surface area contributed by atoms with Gasteiger partial charge < -0.3 is 15.1 Å². The van der Waals surface area contributed by atoms with E-state index in [1.165, 1.54) is 29.5 Å². The zero-order chi connectivity index (χ0) is 23.3. The molecule has 4 rings (SSSR count). The number of amidine groups is 1. The van der Waals surface area contributed by atoms with Gasteiger partial charge in [-0.25, -0.2) is 0 Å². The molecule has 2 aromatic rings. The van der Waals surface area contributed by atoms with Crippen LogP contribution in [0, 0.1) is 5.92 Å². The van der Waals surface area contributed by atoms with Gasteiger partial charge in [0.2, 0.25) is 0 Å². The van der Waals surface area contributed by atoms with Gasteiger partial charge in [0.05, 0.1) is 17.8 Å². The average molecular weight is 506 g/mol. The van der Waals surface area contributed by atoms with Crippen molar-refractivity contribution < 1.29 is 22.8 Å². The van der Waals surface area contributed by atoms with E-state index in [-0.39, 0.29) is 27.4 Å². The molecule has 1 aromatic carbocycles. The summed E-state index contributed by atoms with van der Waals surface area (Å²) in [6, 6.07) is 5.55. The van der Waals surface area contributed by atoms with Gasteiger partial charge in [0.1, 0.15) is 5.84 Å². The second-order valence-electron chi connectivity index (χ2n) is 8.28. The fourth-order valence-corrected chi connectivity index (χ4v) is 5.32. The molecule has 11 heteroatoms. The van der Waals surface area contributed by atoms with Crippen molar-refractivity contribution >= 4 is 46.3 Å². The molecule has 0 bridgehead atoms. The lowest BCUT2D eigenvalue weighted by Crippen LogP contribution is -2.43. The largest absolute Gasteiger partial charge is 0.435 e. The Bertz CT molecular complexity index is 1040. The first-order valence-electron chi connectivity index (χ1n) is 9.91. The molecule has 172 valence electrons. The zero-order valence-corrected chi connectivity index (χ0v) is 19.6. The molecule has 0 saturated carbocycles. The summed E-state index contributed by atoms with van der Waals surface area (Å²) in [5.74, 6) is 0.387. The van der Waals surface area contributed by atoms with Gasteiger partial charge in [-0.15, -0.1) is 11.3 Å². The molecule has 0 aliphatic carbocycles. The number of thiophene rings is 1. The first kappa shape index (κ1) is 23.2. The van der Waals surface area contributed by atoms with Crippen molar-refractivity contribution in [2.75, 3.05) is 6.54 Å². The van der Waals surface area contributed by atoms with E-state index in [1.807, 2.05) is 13.8 Å². The van der Waals surface area contributed by atoms with E-state index in [9.17, 15) is 18.0 Å². The van der Waals surface area contributed by atoms with Crippen LogP contribution in [0.25, 0.3) is 0 Å². The van der Waals surface area contributed by atoms with Gasteiger partial charge >= 0.3 is 6.18 Å². The molecule has 2 aliphatic rings. The highest BCUT2D eigenvalue weighted by Crippen LogP contribution is 2.50. The fourth-order valence-electron chi connectivity index (χ4n) is 3.69. The minimum atomic E-state index is -4.74. The summed E-state index contributed by atoms with van der Waals surface area (Å²) in [7, 11) is 0. The number of hydrogen-bond donors (Lipinski definition) is 1. The molecule has 5 nitrogen and oxygen atoms in total. The van der Waals surface area contributed by atoms with E-state index in [0.29, 0.717) is 30.4 Å². The topological polar surface area (TPSA) is 53.9 Å². The Morgan fingerprint density at radius 1 is 1.25 bits per heavy atom. The van der Waals surface area contributed by atoms with Crippen molar-refractivity contribution in [3.8, 4) is 0 Å². The molecule has 1 unspecified atom stereocenters. The SMILES string of the molecule is CC(C)CNC(=O)c1cc2c(s1)CN(C1=NOC(c3cc(Cl)cc(Cl)c3)(C(F)(F)F)C1)C2. The number of rotatable bonds is 4. The number of oxime groups is 1. The highest BCUT2D eigenvalue weighted by Gasteiger charge is 2.63. The highest BCUT2D eigenvalue weighted by molar-refractivity contribution is 7.14. The quantitative estimate of drug-likeness (QED) is 0.558. The molecular formula is C21H20Cl2F3N3O2S. The second kappa shape index (κ2) is 8.43. The van der Waals surface area contributed by atoms with Gasteiger partial charge in [-0.2, -0.15) is 13.2 Å². The molecular weight excluding hydrogens is 486 g/mol. The lowest BCUT2D eigenvalue weighted by Gasteiger charge is -2.30. The normalized spacial score (nSPS) is 20.4. The van der Waals surface area contributed by atoms with Crippen LogP contribution in [-0.2, 0) is 23.5 Å². The fraction of sp³-hybridized carbons (Fsp3) is 0.429. The van der Waals surface area contributed by atoms with Crippen molar-refractivity contribution in [3.05, 3.63) is 55.2 Å². The highest BCUT2D eigenvalue weighted by atomic mass is 35.5. The molecule has 1 N–H and O–H groups in total. The summed E-state index contributed by atoms with van der Waals surface area (Å²) in [6.45, 7) is 5.32. The standard InChI is InChI=1S/C21H20Cl2F3N3O2S/c1-11(2)8-27-19(30)16-3-12-9-29(10-17(12)32-16)18-7-20(31-28-18,21(24,25)26)13-4-14(22)6-15(23)5-13/h3-6,11H,7-10H2,1-2H3,(H,27,30). The molecule has 0 fully saturated rings. The Kier molecular flexibility index (Phi) is 6.11. The smallest absolute Gasteiger partial charge is 0.372 e. The molecule has 0 radical (unpaired) electrons. The van der Waals surface area contributed by atoms with Crippen LogP contribution in [0.1, 0.15) is 45.9 Å². The van der Waals surface area contributed by atoms with Gasteiger partial charge in [0, 0.05) is 33.6 Å². The van der Waals surface area contributed by atoms with Crippen molar-refractivity contribution in [1.29, 1.82) is 0 Å². The van der Waals surface area contributed by atoms with Crippen LogP contribution in [-0.4, -0.2) is 29.4 Å². The minimum Gasteiger partial charge on any atom is -0.372 e. The summed E-state index contributed by atoms with van der Waals surface area (Å²) in [5, 5.41) is 6.85. The van der Waals surface area contributed by atoms with Crippen molar-refractivity contribution in [3.63, 3.8) is 0 Å². The number of hydrogen-bond acceptors (Lipinski definition) is 5. The average Bonchev–Trinajstić information content (AvgIpc) is 3.37. The Morgan fingerprint density at radius 2 is 1.94 bits per heavy atom. The van der Waals surface area contributed by atoms with Gasteiger partial charge in [-0.1, -0.05) is 42.2 Å². The third-order valence-electron chi connectivity index (χ3n) is 5.35. The molecule has 1 atom stereocenters. The Morgan fingerprint density at radius 3 is 2.53 bits per heavy atom. The van der Waals surface area contributed by atoms with Crippen molar-refractivity contribution in [1.82, 2.24) is 10.2 Å². The third kappa shape index (κ3) is 4.30. The summed E-state index contributed by atoms with van der Waals surface area (Å²) in [6.07, 6.45) is -5.23. The second-order valence-corrected chi connectivity index (χ2v) is 10.3. The molecule has 32 heavy (non-hydrogen) atoms. The minimum absolute atomic E-state index is 0.0831. The van der Waals surface area contributed by atoms with Crippen molar-refractivity contribution in [2.45, 2.75) is 45.1 Å². The maximum atomic E-state index is 14.2. The zero-order valence-electron chi connectivity index (χ0n) is 17.2. The lowest BCUT2D eigenvalue weighted by molar-refractivity contribution is -0.275. The summed E-state index contributed by atoms with van der Waals surface area (Å²) in [4.78, 5) is 20.6. The van der Waals surface area contributed by atoms with E-state index >= 15 is 0 Å². The number of nitrogens with one attached hydrogen (secondary N) is 1. The van der Waals surface area contributed by atoms with Gasteiger partial charge in [0.25, 0.3) is 11.5 Å². The Labute approximate surface area is 197 Å². The predicted octanol–water partition coefficient (Wildman–Crippen LogP) is 5.95. The number of nitrogens with zero attached hydrogens (tertiary/aromatic N) is 2. The van der Waals surface area contributed by atoms with E-state index in [0.717, 1.165) is 10.4 Å². The number of carbonyl (C=O) groups is 1. The maximum absolute atomic E-state index is 14.2. The van der Waals surface area contributed by atoms with E-state index < -0.39 is 18.2 Å². The number of alkyl halides is 3. The maximum Gasteiger partial charge on any atom is 0.435 e. The van der Waals surface area contributed by atoms with Gasteiger partial charge in [0.15, 0.2) is 0 Å². The molecule has 0 saturated heterocycles. The molecule has 2 aliphatic heterocycles. The van der Waals surface area contributed by atoms with Crippen LogP contribution in [0.4, 0.5) is 13.2 Å². The number of fused-ring (bicyclic) bond motifs is 1. The van der Waals surface area contributed by atoms with Crippen LogP contribution in [0.15, 0.2) is 29.4 Å². The van der Waals surface area contributed by atoms with Gasteiger partial charge in [-0.05, 0) is 35.7 Å². The first-order valence-corrected chi connectivity index (χ1v) is 11.5. The van der Waals surface area contributed by atoms with Gasteiger partial charge in [-0.3, -0.25) is 4.79 Å². The van der Waals surface area contributed by atoms with E-state index in [2.05, 4.69) is 10.5 Å². The van der Waals surface area contributed by atoms with Crippen LogP contribution in [0.3, 0.4) is 0 Å². The van der Waals surface area contributed by atoms with Crippen LogP contribution < -0.4 is 5.32 Å². The summed E-state index contributed by atoms with van der Waals surface area (Å²) in [5.41, 5.74) is -1.95. The van der Waals surface area contributed by atoms with Crippen LogP contribution in [0.5, 0.6) is 0 Å². The van der Waals surface area contributed by atoms with Crippen molar-refractivity contribution in [2.24, 2.45) is 11.1 Å². The number of carbonyl (C=O) groups excluding carboxylic acids is 1. The lowest BCUT2D eigenvalue weighted by atomic mass is 9.89. The third-order valence-corrected chi connectivity index (χ3v) is 6.95. The van der Waals surface area contributed by atoms with Crippen LogP contribution in [0.2, 0.25) is 10.0 Å². The number of halogens is 5. The predicted molar refractivity (Wildman–Crippen MR) is 118 cm³/mol. The molecule has 0 spiro atoms. The molecule has 1 amide bonds. The molecule has 3 heterocycles.